The van der Waals surface area contributed by atoms with Gasteiger partial charge in [0.25, 0.3) is 0 Å². The summed E-state index contributed by atoms with van der Waals surface area (Å²) in [6.07, 6.45) is 9.57. The number of anilines is 2. The molecular formula is C35H36ClN5O2S2. The summed E-state index contributed by atoms with van der Waals surface area (Å²) in [4.78, 5) is 32.3. The van der Waals surface area contributed by atoms with E-state index in [9.17, 15) is 9.59 Å². The van der Waals surface area contributed by atoms with Crippen LogP contribution in [0.1, 0.15) is 55.7 Å². The molecule has 2 atom stereocenters. The number of benzene rings is 2. The summed E-state index contributed by atoms with van der Waals surface area (Å²) in [6.45, 7) is 2.17. The summed E-state index contributed by atoms with van der Waals surface area (Å²) in [7, 11) is 0. The van der Waals surface area contributed by atoms with E-state index >= 15 is 0 Å². The fraction of sp³-hybridized carbons (Fsp3) is 0.200. The van der Waals surface area contributed by atoms with Crippen molar-refractivity contribution < 1.29 is 9.59 Å². The zero-order chi connectivity index (χ0) is 30.7. The Labute approximate surface area is 277 Å². The van der Waals surface area contributed by atoms with Gasteiger partial charge in [-0.05, 0) is 111 Å². The van der Waals surface area contributed by atoms with Gasteiger partial charge in [0, 0.05) is 65.8 Å². The number of nitrogens with two attached hydrogens (primary N) is 1. The predicted molar refractivity (Wildman–Crippen MR) is 190 cm³/mol. The number of hydrogen-bond donors (Lipinski definition) is 3. The third kappa shape index (κ3) is 9.92. The number of hydrogen-bond acceptors (Lipinski definition) is 7. The fourth-order valence-electron chi connectivity index (χ4n) is 4.78. The van der Waals surface area contributed by atoms with Gasteiger partial charge in [0.05, 0.1) is 0 Å². The second-order valence-corrected chi connectivity index (χ2v) is 12.2. The average Bonchev–Trinajstić information content (AvgIpc) is 3.79. The number of nitrogens with one attached hydrogen (secondary N) is 2. The lowest BCUT2D eigenvalue weighted by Crippen LogP contribution is -2.16. The van der Waals surface area contributed by atoms with E-state index in [4.69, 9.17) is 5.73 Å². The molecule has 0 aliphatic carbocycles. The van der Waals surface area contributed by atoms with Crippen LogP contribution in [0.3, 0.4) is 0 Å². The van der Waals surface area contributed by atoms with Gasteiger partial charge in [-0.1, -0.05) is 19.1 Å². The zero-order valence-electron chi connectivity index (χ0n) is 24.9. The summed E-state index contributed by atoms with van der Waals surface area (Å²) in [5, 5.41) is 18.4. The van der Waals surface area contributed by atoms with Crippen molar-refractivity contribution >= 4 is 79.8 Å². The van der Waals surface area contributed by atoms with Crippen LogP contribution in [0.15, 0.2) is 107 Å². The maximum Gasteiger partial charge on any atom is 0.224 e. The van der Waals surface area contributed by atoms with Gasteiger partial charge in [-0.3, -0.25) is 19.6 Å². The van der Waals surface area contributed by atoms with E-state index in [2.05, 4.69) is 44.4 Å². The van der Waals surface area contributed by atoms with Crippen molar-refractivity contribution in [2.45, 2.75) is 44.6 Å². The first-order chi connectivity index (χ1) is 21.4. The maximum atomic E-state index is 12.1. The lowest BCUT2D eigenvalue weighted by Gasteiger charge is -2.10. The van der Waals surface area contributed by atoms with Crippen LogP contribution in [0, 0.1) is 0 Å². The van der Waals surface area contributed by atoms with Crippen LogP contribution in [-0.2, 0) is 9.59 Å². The van der Waals surface area contributed by atoms with Gasteiger partial charge in [-0.15, -0.1) is 12.4 Å². The second kappa shape index (κ2) is 16.8. The van der Waals surface area contributed by atoms with Crippen molar-refractivity contribution in [2.75, 3.05) is 10.6 Å². The molecule has 2 amide bonds. The number of nitrogens with zero attached hydrogens (tertiary/aromatic N) is 2. The summed E-state index contributed by atoms with van der Waals surface area (Å²) >= 11 is 3.32. The van der Waals surface area contributed by atoms with E-state index < -0.39 is 0 Å². The van der Waals surface area contributed by atoms with Crippen molar-refractivity contribution in [3.8, 4) is 0 Å². The molecule has 0 saturated carbocycles. The van der Waals surface area contributed by atoms with Gasteiger partial charge in [-0.2, -0.15) is 22.7 Å². The Morgan fingerprint density at radius 1 is 0.711 bits per heavy atom. The normalized spacial score (nSPS) is 12.0. The van der Waals surface area contributed by atoms with E-state index in [0.29, 0.717) is 25.2 Å². The van der Waals surface area contributed by atoms with Gasteiger partial charge in [-0.25, -0.2) is 0 Å². The van der Waals surface area contributed by atoms with E-state index in [1.807, 2.05) is 71.6 Å². The van der Waals surface area contributed by atoms with Gasteiger partial charge in [0.2, 0.25) is 11.8 Å². The molecule has 0 bridgehead atoms. The first-order valence-electron chi connectivity index (χ1n) is 14.5. The molecule has 10 heteroatoms. The molecule has 4 heterocycles. The first kappa shape index (κ1) is 33.7. The van der Waals surface area contributed by atoms with Crippen LogP contribution in [0.4, 0.5) is 11.4 Å². The average molecular weight is 658 g/mol. The highest BCUT2D eigenvalue weighted by atomic mass is 35.5. The van der Waals surface area contributed by atoms with Crippen LogP contribution >= 0.6 is 35.1 Å². The number of carbonyl (C=O) groups is 2. The van der Waals surface area contributed by atoms with Crippen molar-refractivity contribution in [3.05, 3.63) is 118 Å². The van der Waals surface area contributed by atoms with Crippen LogP contribution in [-0.4, -0.2) is 21.8 Å². The molecule has 2 unspecified atom stereocenters. The highest BCUT2D eigenvalue weighted by molar-refractivity contribution is 7.08. The first-order valence-corrected chi connectivity index (χ1v) is 16.4. The Morgan fingerprint density at radius 2 is 1.22 bits per heavy atom. The van der Waals surface area contributed by atoms with E-state index in [0.717, 1.165) is 44.9 Å². The van der Waals surface area contributed by atoms with E-state index in [1.165, 1.54) is 5.56 Å². The number of halogens is 1. The van der Waals surface area contributed by atoms with Crippen molar-refractivity contribution in [1.29, 1.82) is 0 Å². The van der Waals surface area contributed by atoms with Crippen LogP contribution in [0.5, 0.6) is 0 Å². The van der Waals surface area contributed by atoms with Crippen LogP contribution in [0.25, 0.3) is 21.5 Å². The SMILES string of the molecule is CC(CCC(=O)Nc1ccc2cnccc2c1)c1ccsc1.Cl.NC(CCC(=O)Nc1ccc2cnccc2c1)c1ccsc1. The van der Waals surface area contributed by atoms with E-state index in [-0.39, 0.29) is 30.3 Å². The quantitative estimate of drug-likeness (QED) is 0.136. The van der Waals surface area contributed by atoms with Crippen molar-refractivity contribution in [2.24, 2.45) is 5.73 Å². The molecule has 4 aromatic heterocycles. The molecule has 232 valence electrons. The predicted octanol–water partition coefficient (Wildman–Crippen LogP) is 8.96. The number of rotatable bonds is 10. The third-order valence-corrected chi connectivity index (χ3v) is 8.82. The van der Waals surface area contributed by atoms with Crippen molar-refractivity contribution in [1.82, 2.24) is 9.97 Å². The molecule has 0 fully saturated rings. The van der Waals surface area contributed by atoms with E-state index in [1.54, 1.807) is 41.3 Å². The standard InChI is InChI=1S/C18H18N2OS.C17H17N3OS.ClH/c1-13(16-7-9-22-12-16)2-5-18(21)20-17-4-3-15-11-19-8-6-14(15)10-17;18-16(14-6-8-22-11-14)3-4-17(21)20-15-2-1-13-10-19-7-5-12(13)9-15;/h3-4,6-13H,2,5H2,1H3,(H,20,21);1-2,5-11,16H,3-4,18H2,(H,20,21);1H. The van der Waals surface area contributed by atoms with Crippen LogP contribution < -0.4 is 16.4 Å². The van der Waals surface area contributed by atoms with Gasteiger partial charge < -0.3 is 16.4 Å². The summed E-state index contributed by atoms with van der Waals surface area (Å²) in [5.41, 5.74) is 10.1. The topological polar surface area (TPSA) is 110 Å². The minimum Gasteiger partial charge on any atom is -0.326 e. The third-order valence-electron chi connectivity index (χ3n) is 7.42. The summed E-state index contributed by atoms with van der Waals surface area (Å²) in [6, 6.07) is 19.6. The molecule has 6 rings (SSSR count). The molecule has 7 nitrogen and oxygen atoms in total. The molecular weight excluding hydrogens is 622 g/mol. The number of pyridine rings is 2. The molecule has 0 aliphatic rings. The molecule has 2 aromatic carbocycles. The number of aromatic nitrogens is 2. The Bertz CT molecular complexity index is 1680. The monoisotopic (exact) mass is 657 g/mol. The number of carbonyl (C=O) groups excluding carboxylic acids is 2. The molecule has 0 radical (unpaired) electrons. The Kier molecular flexibility index (Phi) is 12.6. The van der Waals surface area contributed by atoms with Gasteiger partial charge >= 0.3 is 0 Å². The largest absolute Gasteiger partial charge is 0.326 e. The Hall–Kier alpha value is -4.15. The lowest BCUT2D eigenvalue weighted by molar-refractivity contribution is -0.117. The molecule has 4 N–H and O–H groups in total. The Morgan fingerprint density at radius 3 is 1.73 bits per heavy atom. The molecule has 0 saturated heterocycles. The number of amides is 2. The minimum absolute atomic E-state index is 0. The molecule has 0 aliphatic heterocycles. The van der Waals surface area contributed by atoms with Crippen LogP contribution in [0.2, 0.25) is 0 Å². The van der Waals surface area contributed by atoms with Crippen molar-refractivity contribution in [3.63, 3.8) is 0 Å². The highest BCUT2D eigenvalue weighted by Gasteiger charge is 2.11. The summed E-state index contributed by atoms with van der Waals surface area (Å²) in [5.74, 6) is 0.467. The molecule has 6 aromatic rings. The zero-order valence-corrected chi connectivity index (χ0v) is 27.3. The molecule has 0 spiro atoms. The smallest absolute Gasteiger partial charge is 0.224 e. The van der Waals surface area contributed by atoms with Gasteiger partial charge in [0.1, 0.15) is 0 Å². The lowest BCUT2D eigenvalue weighted by atomic mass is 9.99. The fourth-order valence-corrected chi connectivity index (χ4v) is 6.29. The molecule has 45 heavy (non-hydrogen) atoms. The Balaban J connectivity index is 0.000000200. The second-order valence-electron chi connectivity index (χ2n) is 10.7. The van der Waals surface area contributed by atoms with Gasteiger partial charge in [0.15, 0.2) is 0 Å². The number of thiophene rings is 2. The highest BCUT2D eigenvalue weighted by Crippen LogP contribution is 2.24. The summed E-state index contributed by atoms with van der Waals surface area (Å²) < 4.78 is 0. The number of fused-ring (bicyclic) bond motifs is 2. The minimum atomic E-state index is -0.0836. The maximum absolute atomic E-state index is 12.1.